The van der Waals surface area contributed by atoms with Crippen molar-refractivity contribution in [3.63, 3.8) is 0 Å². The number of fused-ring (bicyclic) bond motifs is 1. The molecule has 9 heteroatoms. The van der Waals surface area contributed by atoms with E-state index in [9.17, 15) is 13.2 Å². The van der Waals surface area contributed by atoms with E-state index in [-0.39, 0.29) is 16.7 Å². The predicted molar refractivity (Wildman–Crippen MR) is 64.0 cm³/mol. The molecule has 3 aromatic heterocycles. The van der Waals surface area contributed by atoms with Crippen LogP contribution in [0.3, 0.4) is 0 Å². The lowest BCUT2D eigenvalue weighted by Gasteiger charge is -2.05. The van der Waals surface area contributed by atoms with Gasteiger partial charge in [-0.3, -0.25) is 4.98 Å². The van der Waals surface area contributed by atoms with Crippen molar-refractivity contribution in [1.82, 2.24) is 24.8 Å². The number of rotatable bonds is 1. The molecule has 20 heavy (non-hydrogen) atoms. The average Bonchev–Trinajstić information content (AvgIpc) is 2.81. The molecule has 0 N–H and O–H groups in total. The van der Waals surface area contributed by atoms with Crippen molar-refractivity contribution in [2.45, 2.75) is 6.18 Å². The number of hydrogen-bond donors (Lipinski definition) is 0. The predicted octanol–water partition coefficient (Wildman–Crippen LogP) is 2.86. The third-order valence-corrected chi connectivity index (χ3v) is 2.75. The zero-order valence-electron chi connectivity index (χ0n) is 9.63. The molecular weight excluding hydrogens is 295 g/mol. The molecule has 3 aromatic rings. The number of halogens is 4. The van der Waals surface area contributed by atoms with Crippen molar-refractivity contribution in [2.24, 2.45) is 0 Å². The number of nitrogens with zero attached hydrogens (tertiary/aromatic N) is 5. The molecule has 0 spiro atoms. The highest BCUT2D eigenvalue weighted by Gasteiger charge is 2.30. The standard InChI is InChI=1S/C11H5ClF3N5/c12-8-3-4-9-17-18-10(20(9)19-8)7-2-1-6(5-16-7)11(13,14)15/h1-5H. The van der Waals surface area contributed by atoms with Gasteiger partial charge in [-0.2, -0.15) is 22.8 Å². The quantitative estimate of drug-likeness (QED) is 0.693. The van der Waals surface area contributed by atoms with Crippen molar-refractivity contribution in [3.05, 3.63) is 41.2 Å². The van der Waals surface area contributed by atoms with Crippen LogP contribution in [0.1, 0.15) is 5.56 Å². The van der Waals surface area contributed by atoms with E-state index in [4.69, 9.17) is 11.6 Å². The Kier molecular flexibility index (Phi) is 2.82. The Labute approximate surface area is 115 Å². The SMILES string of the molecule is FC(F)(F)c1ccc(-c2nnc3ccc(Cl)nn23)nc1. The summed E-state index contributed by atoms with van der Waals surface area (Å²) < 4.78 is 38.7. The van der Waals surface area contributed by atoms with E-state index in [0.717, 1.165) is 12.3 Å². The van der Waals surface area contributed by atoms with Crippen LogP contribution in [0.2, 0.25) is 5.15 Å². The first kappa shape index (κ1) is 12.8. The molecule has 0 aliphatic heterocycles. The van der Waals surface area contributed by atoms with E-state index >= 15 is 0 Å². The smallest absolute Gasteiger partial charge is 0.252 e. The molecule has 0 saturated heterocycles. The first-order valence-corrected chi connectivity index (χ1v) is 5.74. The Morgan fingerprint density at radius 3 is 2.50 bits per heavy atom. The number of aromatic nitrogens is 5. The monoisotopic (exact) mass is 299 g/mol. The normalized spacial score (nSPS) is 12.0. The Bertz CT molecular complexity index is 766. The Morgan fingerprint density at radius 1 is 1.05 bits per heavy atom. The van der Waals surface area contributed by atoms with Crippen molar-refractivity contribution in [2.75, 3.05) is 0 Å². The molecule has 0 saturated carbocycles. The Morgan fingerprint density at radius 2 is 1.85 bits per heavy atom. The molecule has 0 aliphatic carbocycles. The van der Waals surface area contributed by atoms with Gasteiger partial charge in [0.2, 0.25) is 5.82 Å². The van der Waals surface area contributed by atoms with E-state index in [0.29, 0.717) is 5.65 Å². The summed E-state index contributed by atoms with van der Waals surface area (Å²) in [6.45, 7) is 0. The molecule has 102 valence electrons. The van der Waals surface area contributed by atoms with Crippen LogP contribution < -0.4 is 0 Å². The topological polar surface area (TPSA) is 56.0 Å². The molecule has 5 nitrogen and oxygen atoms in total. The van der Waals surface area contributed by atoms with Crippen LogP contribution >= 0.6 is 11.6 Å². The largest absolute Gasteiger partial charge is 0.417 e. The van der Waals surface area contributed by atoms with Gasteiger partial charge >= 0.3 is 6.18 Å². The third-order valence-electron chi connectivity index (χ3n) is 2.55. The molecule has 3 rings (SSSR count). The van der Waals surface area contributed by atoms with Crippen LogP contribution in [-0.2, 0) is 6.18 Å². The molecule has 0 radical (unpaired) electrons. The Balaban J connectivity index is 2.09. The minimum absolute atomic E-state index is 0.213. The van der Waals surface area contributed by atoms with Gasteiger partial charge in [-0.15, -0.1) is 10.2 Å². The minimum Gasteiger partial charge on any atom is -0.252 e. The van der Waals surface area contributed by atoms with E-state index in [1.807, 2.05) is 0 Å². The van der Waals surface area contributed by atoms with Crippen LogP contribution in [0.25, 0.3) is 17.2 Å². The second-order valence-corrected chi connectivity index (χ2v) is 4.27. The summed E-state index contributed by atoms with van der Waals surface area (Å²) in [6, 6.07) is 5.27. The second-order valence-electron chi connectivity index (χ2n) is 3.88. The van der Waals surface area contributed by atoms with Gasteiger partial charge < -0.3 is 0 Å². The summed E-state index contributed by atoms with van der Waals surface area (Å²) in [5, 5.41) is 11.9. The molecule has 0 unspecified atom stereocenters. The highest BCUT2D eigenvalue weighted by Crippen LogP contribution is 2.29. The van der Waals surface area contributed by atoms with Crippen LogP contribution in [0.5, 0.6) is 0 Å². The molecular formula is C11H5ClF3N5. The lowest BCUT2D eigenvalue weighted by molar-refractivity contribution is -0.137. The van der Waals surface area contributed by atoms with Crippen LogP contribution in [0.4, 0.5) is 13.2 Å². The summed E-state index contributed by atoms with van der Waals surface area (Å²) in [5.74, 6) is 0.219. The average molecular weight is 300 g/mol. The first-order chi connectivity index (χ1) is 9.45. The van der Waals surface area contributed by atoms with Crippen molar-refractivity contribution >= 4 is 17.2 Å². The number of alkyl halides is 3. The van der Waals surface area contributed by atoms with Gasteiger partial charge in [0, 0.05) is 6.20 Å². The van der Waals surface area contributed by atoms with Gasteiger partial charge in [0.25, 0.3) is 0 Å². The maximum atomic E-state index is 12.5. The molecule has 3 heterocycles. The molecule has 0 fully saturated rings. The van der Waals surface area contributed by atoms with Gasteiger partial charge in [0.1, 0.15) is 10.8 Å². The summed E-state index contributed by atoms with van der Waals surface area (Å²) in [5.41, 5.74) is -0.188. The summed E-state index contributed by atoms with van der Waals surface area (Å²) >= 11 is 5.76. The molecule has 0 aromatic carbocycles. The van der Waals surface area contributed by atoms with Gasteiger partial charge in [-0.1, -0.05) is 11.6 Å². The summed E-state index contributed by atoms with van der Waals surface area (Å²) in [4.78, 5) is 3.74. The summed E-state index contributed by atoms with van der Waals surface area (Å²) in [6.07, 6.45) is -3.69. The van der Waals surface area contributed by atoms with Crippen molar-refractivity contribution in [1.29, 1.82) is 0 Å². The van der Waals surface area contributed by atoms with Gasteiger partial charge in [-0.25, -0.2) is 0 Å². The van der Waals surface area contributed by atoms with E-state index in [1.54, 1.807) is 6.07 Å². The molecule has 0 aliphatic rings. The number of hydrogen-bond acceptors (Lipinski definition) is 4. The lowest BCUT2D eigenvalue weighted by Crippen LogP contribution is -2.05. The van der Waals surface area contributed by atoms with E-state index < -0.39 is 11.7 Å². The maximum absolute atomic E-state index is 12.5. The first-order valence-electron chi connectivity index (χ1n) is 5.37. The van der Waals surface area contributed by atoms with Gasteiger partial charge in [-0.05, 0) is 24.3 Å². The third kappa shape index (κ3) is 2.18. The zero-order chi connectivity index (χ0) is 14.3. The minimum atomic E-state index is -4.43. The molecule has 0 atom stereocenters. The van der Waals surface area contributed by atoms with Crippen LogP contribution in [-0.4, -0.2) is 24.8 Å². The molecule has 0 bridgehead atoms. The van der Waals surface area contributed by atoms with Crippen LogP contribution in [0, 0.1) is 0 Å². The highest BCUT2D eigenvalue weighted by atomic mass is 35.5. The summed E-state index contributed by atoms with van der Waals surface area (Å²) in [7, 11) is 0. The van der Waals surface area contributed by atoms with E-state index in [1.165, 1.54) is 16.6 Å². The Hall–Kier alpha value is -2.22. The van der Waals surface area contributed by atoms with Gasteiger partial charge in [0.15, 0.2) is 5.65 Å². The van der Waals surface area contributed by atoms with Crippen molar-refractivity contribution in [3.8, 4) is 11.5 Å². The lowest BCUT2D eigenvalue weighted by atomic mass is 10.2. The second kappa shape index (κ2) is 4.41. The maximum Gasteiger partial charge on any atom is 0.417 e. The fraction of sp³-hybridized carbons (Fsp3) is 0.0909. The van der Waals surface area contributed by atoms with E-state index in [2.05, 4.69) is 20.3 Å². The molecule has 0 amide bonds. The zero-order valence-corrected chi connectivity index (χ0v) is 10.4. The highest BCUT2D eigenvalue weighted by molar-refractivity contribution is 6.29. The number of pyridine rings is 1. The van der Waals surface area contributed by atoms with Crippen LogP contribution in [0.15, 0.2) is 30.5 Å². The fourth-order valence-corrected chi connectivity index (χ4v) is 1.76. The van der Waals surface area contributed by atoms with Gasteiger partial charge in [0.05, 0.1) is 5.56 Å². The van der Waals surface area contributed by atoms with Crippen molar-refractivity contribution < 1.29 is 13.2 Å². The fourth-order valence-electron chi connectivity index (χ4n) is 1.62.